The van der Waals surface area contributed by atoms with Crippen molar-refractivity contribution in [1.82, 2.24) is 10.3 Å². The summed E-state index contributed by atoms with van der Waals surface area (Å²) in [6.45, 7) is 2.22. The Morgan fingerprint density at radius 1 is 1.24 bits per heavy atom. The quantitative estimate of drug-likeness (QED) is 0.907. The zero-order valence-electron chi connectivity index (χ0n) is 13.0. The molecule has 1 aliphatic carbocycles. The Kier molecular flexibility index (Phi) is 4.35. The van der Waals surface area contributed by atoms with E-state index in [1.807, 2.05) is 13.2 Å². The summed E-state index contributed by atoms with van der Waals surface area (Å²) in [6, 6.07) is 13.9. The van der Waals surface area contributed by atoms with Crippen LogP contribution in [0.5, 0.6) is 0 Å². The van der Waals surface area contributed by atoms with Gasteiger partial charge in [0.1, 0.15) is 0 Å². The minimum atomic E-state index is 0.454. The first-order chi connectivity index (χ1) is 10.3. The second-order valence-corrected chi connectivity index (χ2v) is 5.91. The molecule has 110 valence electrons. The van der Waals surface area contributed by atoms with E-state index in [0.29, 0.717) is 12.0 Å². The summed E-state index contributed by atoms with van der Waals surface area (Å²) in [4.78, 5) is 4.65. The van der Waals surface area contributed by atoms with Gasteiger partial charge >= 0.3 is 0 Å². The molecule has 1 heterocycles. The van der Waals surface area contributed by atoms with Gasteiger partial charge in [0, 0.05) is 18.2 Å². The highest BCUT2D eigenvalue weighted by Crippen LogP contribution is 2.35. The predicted octanol–water partition coefficient (Wildman–Crippen LogP) is 4.22. The predicted molar refractivity (Wildman–Crippen MR) is 87.6 cm³/mol. The Morgan fingerprint density at radius 3 is 2.76 bits per heavy atom. The van der Waals surface area contributed by atoms with E-state index in [1.165, 1.54) is 41.6 Å². The van der Waals surface area contributed by atoms with E-state index < -0.39 is 0 Å². The first-order valence-corrected chi connectivity index (χ1v) is 8.04. The average molecular weight is 280 g/mol. The van der Waals surface area contributed by atoms with E-state index in [1.54, 1.807) is 0 Å². The Balaban J connectivity index is 1.88. The molecule has 2 unspecified atom stereocenters. The molecule has 0 bridgehead atoms. The highest BCUT2D eigenvalue weighted by atomic mass is 14.9. The third kappa shape index (κ3) is 2.86. The molecule has 0 fully saturated rings. The molecule has 1 aliphatic rings. The maximum Gasteiger partial charge on any atom is 0.0510 e. The van der Waals surface area contributed by atoms with E-state index in [-0.39, 0.29) is 0 Å². The molecule has 0 spiro atoms. The summed E-state index contributed by atoms with van der Waals surface area (Å²) < 4.78 is 0. The van der Waals surface area contributed by atoms with Crippen molar-refractivity contribution in [3.05, 3.63) is 65.0 Å². The van der Waals surface area contributed by atoms with E-state index in [9.17, 15) is 0 Å². The first-order valence-electron chi connectivity index (χ1n) is 8.04. The van der Waals surface area contributed by atoms with Crippen molar-refractivity contribution >= 4 is 0 Å². The third-order valence-electron chi connectivity index (χ3n) is 4.69. The van der Waals surface area contributed by atoms with Crippen LogP contribution in [0, 0.1) is 0 Å². The van der Waals surface area contributed by atoms with Gasteiger partial charge in [-0.3, -0.25) is 4.98 Å². The monoisotopic (exact) mass is 280 g/mol. The van der Waals surface area contributed by atoms with Gasteiger partial charge in [0.15, 0.2) is 0 Å². The van der Waals surface area contributed by atoms with E-state index in [4.69, 9.17) is 0 Å². The van der Waals surface area contributed by atoms with Crippen LogP contribution in [0.15, 0.2) is 42.6 Å². The van der Waals surface area contributed by atoms with Gasteiger partial charge in [-0.2, -0.15) is 0 Å². The number of nitrogens with zero attached hydrogens (tertiary/aromatic N) is 1. The van der Waals surface area contributed by atoms with Crippen LogP contribution in [-0.2, 0) is 6.42 Å². The summed E-state index contributed by atoms with van der Waals surface area (Å²) in [5, 5.41) is 3.37. The smallest absolute Gasteiger partial charge is 0.0510 e. The van der Waals surface area contributed by atoms with Gasteiger partial charge < -0.3 is 5.32 Å². The topological polar surface area (TPSA) is 24.9 Å². The van der Waals surface area contributed by atoms with Crippen molar-refractivity contribution in [2.75, 3.05) is 7.05 Å². The Morgan fingerprint density at radius 2 is 2.05 bits per heavy atom. The Hall–Kier alpha value is -1.67. The van der Waals surface area contributed by atoms with Crippen LogP contribution in [-0.4, -0.2) is 12.0 Å². The van der Waals surface area contributed by atoms with Gasteiger partial charge in [0.2, 0.25) is 0 Å². The van der Waals surface area contributed by atoms with Gasteiger partial charge in [0.25, 0.3) is 0 Å². The lowest BCUT2D eigenvalue weighted by atomic mass is 9.82. The molecule has 0 saturated carbocycles. The van der Waals surface area contributed by atoms with Gasteiger partial charge in [-0.15, -0.1) is 0 Å². The van der Waals surface area contributed by atoms with Crippen LogP contribution >= 0.6 is 0 Å². The highest BCUT2D eigenvalue weighted by molar-refractivity contribution is 5.37. The summed E-state index contributed by atoms with van der Waals surface area (Å²) in [5.41, 5.74) is 5.50. The number of pyridine rings is 1. The van der Waals surface area contributed by atoms with E-state index in [0.717, 1.165) is 6.42 Å². The van der Waals surface area contributed by atoms with Crippen molar-refractivity contribution in [3.8, 4) is 0 Å². The molecule has 2 atom stereocenters. The van der Waals surface area contributed by atoms with Gasteiger partial charge in [0.05, 0.1) is 5.69 Å². The molecule has 21 heavy (non-hydrogen) atoms. The maximum atomic E-state index is 4.65. The standard InChI is InChI=1S/C19H24N2/c1-3-18(20-2)15-11-9-14(10-12-15)17-8-4-6-16-7-5-13-21-19(16)17/h5,7,9-13,17-18,20H,3-4,6,8H2,1-2H3. The molecule has 2 heteroatoms. The molecule has 3 rings (SSSR count). The summed E-state index contributed by atoms with van der Waals surface area (Å²) in [6.07, 6.45) is 6.70. The number of benzene rings is 1. The number of hydrogen-bond donors (Lipinski definition) is 1. The van der Waals surface area contributed by atoms with Crippen LogP contribution in [0.25, 0.3) is 0 Å². The van der Waals surface area contributed by atoms with Crippen molar-refractivity contribution in [3.63, 3.8) is 0 Å². The largest absolute Gasteiger partial charge is 0.313 e. The lowest BCUT2D eigenvalue weighted by Gasteiger charge is -2.25. The number of rotatable bonds is 4. The fourth-order valence-electron chi connectivity index (χ4n) is 3.50. The SMILES string of the molecule is CCC(NC)c1ccc(C2CCCc3cccnc32)cc1. The van der Waals surface area contributed by atoms with Crippen molar-refractivity contribution in [1.29, 1.82) is 0 Å². The maximum absolute atomic E-state index is 4.65. The van der Waals surface area contributed by atoms with Gasteiger partial charge in [-0.25, -0.2) is 0 Å². The van der Waals surface area contributed by atoms with Crippen LogP contribution < -0.4 is 5.32 Å². The number of hydrogen-bond acceptors (Lipinski definition) is 2. The number of nitrogens with one attached hydrogen (secondary N) is 1. The molecular weight excluding hydrogens is 256 g/mol. The van der Waals surface area contributed by atoms with Gasteiger partial charge in [-0.05, 0) is 55.5 Å². The van der Waals surface area contributed by atoms with Crippen LogP contribution in [0.2, 0.25) is 0 Å². The van der Waals surface area contributed by atoms with Gasteiger partial charge in [-0.1, -0.05) is 37.3 Å². The Labute approximate surface area is 127 Å². The second kappa shape index (κ2) is 6.40. The van der Waals surface area contributed by atoms with Crippen LogP contribution in [0.3, 0.4) is 0 Å². The lowest BCUT2D eigenvalue weighted by molar-refractivity contribution is 0.574. The van der Waals surface area contributed by atoms with Crippen molar-refractivity contribution in [2.24, 2.45) is 0 Å². The van der Waals surface area contributed by atoms with Crippen LogP contribution in [0.4, 0.5) is 0 Å². The third-order valence-corrected chi connectivity index (χ3v) is 4.69. The molecule has 1 aromatic carbocycles. The number of fused-ring (bicyclic) bond motifs is 1. The summed E-state index contributed by atoms with van der Waals surface area (Å²) in [5.74, 6) is 0.471. The van der Waals surface area contributed by atoms with Crippen LogP contribution in [0.1, 0.15) is 60.5 Å². The molecule has 0 radical (unpaired) electrons. The fourth-order valence-corrected chi connectivity index (χ4v) is 3.50. The Bertz CT molecular complexity index is 585. The number of aryl methyl sites for hydroxylation is 1. The molecule has 1 aromatic heterocycles. The zero-order valence-corrected chi connectivity index (χ0v) is 13.0. The van der Waals surface area contributed by atoms with E-state index >= 15 is 0 Å². The minimum absolute atomic E-state index is 0.454. The average Bonchev–Trinajstić information content (AvgIpc) is 2.56. The highest BCUT2D eigenvalue weighted by Gasteiger charge is 2.22. The lowest BCUT2D eigenvalue weighted by Crippen LogP contribution is -2.16. The number of aromatic nitrogens is 1. The normalized spacial score (nSPS) is 19.0. The summed E-state index contributed by atoms with van der Waals surface area (Å²) >= 11 is 0. The molecule has 2 nitrogen and oxygen atoms in total. The van der Waals surface area contributed by atoms with Crippen molar-refractivity contribution < 1.29 is 0 Å². The fraction of sp³-hybridized carbons (Fsp3) is 0.421. The summed E-state index contributed by atoms with van der Waals surface area (Å²) in [7, 11) is 2.03. The first kappa shape index (κ1) is 14.3. The second-order valence-electron chi connectivity index (χ2n) is 5.91. The molecule has 0 saturated heterocycles. The molecule has 0 amide bonds. The molecular formula is C19H24N2. The molecule has 1 N–H and O–H groups in total. The molecule has 0 aliphatic heterocycles. The van der Waals surface area contributed by atoms with E-state index in [2.05, 4.69) is 53.6 Å². The van der Waals surface area contributed by atoms with Crippen molar-refractivity contribution in [2.45, 2.75) is 44.6 Å². The molecule has 2 aromatic rings. The minimum Gasteiger partial charge on any atom is -0.313 e. The zero-order chi connectivity index (χ0) is 14.7.